The van der Waals surface area contributed by atoms with E-state index in [1.54, 1.807) is 41.1 Å². The molecule has 0 spiro atoms. The number of hydrogen-bond donors (Lipinski definition) is 1. The average Bonchev–Trinajstić information content (AvgIpc) is 3.18. The molecular weight excluding hydrogens is 388 g/mol. The molecule has 3 aromatic heterocycles. The summed E-state index contributed by atoms with van der Waals surface area (Å²) in [7, 11) is 0. The van der Waals surface area contributed by atoms with Crippen LogP contribution >= 0.6 is 11.3 Å². The zero-order valence-electron chi connectivity index (χ0n) is 15.5. The molecule has 0 fully saturated rings. The minimum Gasteiger partial charge on any atom is -0.323 e. The van der Waals surface area contributed by atoms with Gasteiger partial charge in [0.25, 0.3) is 11.5 Å². The van der Waals surface area contributed by atoms with Crippen LogP contribution in [0.25, 0.3) is 20.7 Å². The maximum absolute atomic E-state index is 12.2. The number of rotatable bonds is 5. The topological polar surface area (TPSA) is 94.0 Å². The van der Waals surface area contributed by atoms with Gasteiger partial charge in [0.2, 0.25) is 0 Å². The summed E-state index contributed by atoms with van der Waals surface area (Å²) in [5.74, 6) is -0.301. The van der Waals surface area contributed by atoms with Crippen molar-refractivity contribution in [3.8, 4) is 10.4 Å². The Labute approximate surface area is 169 Å². The van der Waals surface area contributed by atoms with Crippen molar-refractivity contribution >= 4 is 38.9 Å². The molecule has 0 bridgehead atoms. The SMILES string of the molecule is CC(=O)Cn1cnc(=O)c2sc(-c3ccc(NC(=O)c4ccccn4)cc3)cc21. The van der Waals surface area contributed by atoms with Crippen LogP contribution in [0.5, 0.6) is 0 Å². The molecule has 144 valence electrons. The second-order valence-corrected chi connectivity index (χ2v) is 7.50. The highest BCUT2D eigenvalue weighted by atomic mass is 32.1. The van der Waals surface area contributed by atoms with Crippen molar-refractivity contribution in [1.82, 2.24) is 14.5 Å². The molecule has 4 rings (SSSR count). The van der Waals surface area contributed by atoms with E-state index in [2.05, 4.69) is 15.3 Å². The van der Waals surface area contributed by atoms with Crippen molar-refractivity contribution < 1.29 is 9.59 Å². The first-order valence-corrected chi connectivity index (χ1v) is 9.64. The molecule has 1 amide bonds. The number of fused-ring (bicyclic) bond motifs is 1. The molecule has 1 aromatic carbocycles. The van der Waals surface area contributed by atoms with Crippen LogP contribution < -0.4 is 10.9 Å². The van der Waals surface area contributed by atoms with E-state index in [0.29, 0.717) is 21.6 Å². The maximum atomic E-state index is 12.2. The monoisotopic (exact) mass is 404 g/mol. The highest BCUT2D eigenvalue weighted by molar-refractivity contribution is 7.22. The van der Waals surface area contributed by atoms with Crippen LogP contribution in [-0.2, 0) is 11.3 Å². The number of thiophene rings is 1. The van der Waals surface area contributed by atoms with Crippen molar-refractivity contribution in [3.05, 3.63) is 77.1 Å². The molecule has 0 aliphatic carbocycles. The van der Waals surface area contributed by atoms with E-state index in [1.165, 1.54) is 24.6 Å². The van der Waals surface area contributed by atoms with Gasteiger partial charge < -0.3 is 9.88 Å². The minimum atomic E-state index is -0.310. The minimum absolute atomic E-state index is 0.0162. The summed E-state index contributed by atoms with van der Waals surface area (Å²) in [6, 6.07) is 14.3. The summed E-state index contributed by atoms with van der Waals surface area (Å²) in [5.41, 5.74) is 2.26. The van der Waals surface area contributed by atoms with E-state index in [1.807, 2.05) is 18.2 Å². The fraction of sp³-hybridized carbons (Fsp3) is 0.0952. The Morgan fingerprint density at radius 3 is 2.59 bits per heavy atom. The Morgan fingerprint density at radius 1 is 1.10 bits per heavy atom. The molecule has 0 atom stereocenters. The summed E-state index contributed by atoms with van der Waals surface area (Å²) in [4.78, 5) is 44.6. The van der Waals surface area contributed by atoms with Crippen molar-refractivity contribution in [2.24, 2.45) is 0 Å². The number of nitrogens with one attached hydrogen (secondary N) is 1. The zero-order chi connectivity index (χ0) is 20.4. The molecule has 0 aliphatic heterocycles. The van der Waals surface area contributed by atoms with Gasteiger partial charge in [-0.25, -0.2) is 0 Å². The van der Waals surface area contributed by atoms with E-state index < -0.39 is 0 Å². The third-order valence-corrected chi connectivity index (χ3v) is 5.41. The zero-order valence-corrected chi connectivity index (χ0v) is 16.3. The van der Waals surface area contributed by atoms with Crippen molar-refractivity contribution in [3.63, 3.8) is 0 Å². The third-order valence-electron chi connectivity index (χ3n) is 4.25. The predicted molar refractivity (Wildman–Crippen MR) is 112 cm³/mol. The molecule has 1 N–H and O–H groups in total. The average molecular weight is 404 g/mol. The number of pyridine rings is 1. The molecule has 0 saturated carbocycles. The third kappa shape index (κ3) is 3.97. The van der Waals surface area contributed by atoms with Crippen LogP contribution in [0.3, 0.4) is 0 Å². The number of aromatic nitrogens is 3. The van der Waals surface area contributed by atoms with Gasteiger partial charge in [0, 0.05) is 16.8 Å². The smallest absolute Gasteiger partial charge is 0.290 e. The first-order chi connectivity index (χ1) is 14.0. The van der Waals surface area contributed by atoms with Gasteiger partial charge in [-0.3, -0.25) is 19.4 Å². The van der Waals surface area contributed by atoms with Crippen molar-refractivity contribution in [2.75, 3.05) is 5.32 Å². The number of hydrogen-bond acceptors (Lipinski definition) is 6. The molecule has 3 heterocycles. The Kier molecular flexibility index (Phi) is 5.01. The lowest BCUT2D eigenvalue weighted by atomic mass is 10.1. The summed E-state index contributed by atoms with van der Waals surface area (Å²) >= 11 is 1.33. The number of Topliss-reactive ketones (excluding diaryl/α,β-unsaturated/α-hetero) is 1. The Morgan fingerprint density at radius 2 is 1.90 bits per heavy atom. The molecule has 0 unspecified atom stereocenters. The van der Waals surface area contributed by atoms with Gasteiger partial charge >= 0.3 is 0 Å². The molecule has 7 nitrogen and oxygen atoms in total. The van der Waals surface area contributed by atoms with Gasteiger partial charge in [0.15, 0.2) is 0 Å². The maximum Gasteiger partial charge on any atom is 0.290 e. The molecular formula is C21H16N4O3S. The van der Waals surface area contributed by atoms with Crippen molar-refractivity contribution in [1.29, 1.82) is 0 Å². The standard InChI is InChI=1S/C21H16N4O3S/c1-13(26)11-25-12-23-21(28)19-17(25)10-18(29-19)14-5-7-15(8-6-14)24-20(27)16-4-2-3-9-22-16/h2-10,12H,11H2,1H3,(H,24,27). The largest absolute Gasteiger partial charge is 0.323 e. The lowest BCUT2D eigenvalue weighted by Gasteiger charge is -2.05. The van der Waals surface area contributed by atoms with Crippen LogP contribution in [-0.4, -0.2) is 26.2 Å². The van der Waals surface area contributed by atoms with E-state index in [0.717, 1.165) is 10.4 Å². The number of amides is 1. The van der Waals surface area contributed by atoms with E-state index in [-0.39, 0.29) is 23.8 Å². The van der Waals surface area contributed by atoms with E-state index >= 15 is 0 Å². The number of carbonyl (C=O) groups excluding carboxylic acids is 2. The normalized spacial score (nSPS) is 10.8. The summed E-state index contributed by atoms with van der Waals surface area (Å²) in [5, 5.41) is 2.80. The fourth-order valence-electron chi connectivity index (χ4n) is 2.91. The second kappa shape index (κ2) is 7.76. The quantitative estimate of drug-likeness (QED) is 0.550. The predicted octanol–water partition coefficient (Wildman–Crippen LogP) is 3.36. The second-order valence-electron chi connectivity index (χ2n) is 6.45. The lowest BCUT2D eigenvalue weighted by Crippen LogP contribution is -2.13. The molecule has 29 heavy (non-hydrogen) atoms. The Balaban J connectivity index is 1.61. The van der Waals surface area contributed by atoms with E-state index in [4.69, 9.17) is 0 Å². The van der Waals surface area contributed by atoms with Crippen LogP contribution in [0.15, 0.2) is 65.8 Å². The number of benzene rings is 1. The highest BCUT2D eigenvalue weighted by Crippen LogP contribution is 2.32. The van der Waals surface area contributed by atoms with Gasteiger partial charge in [-0.15, -0.1) is 11.3 Å². The summed E-state index contributed by atoms with van der Waals surface area (Å²) in [6.07, 6.45) is 2.97. The molecule has 0 saturated heterocycles. The highest BCUT2D eigenvalue weighted by Gasteiger charge is 2.12. The van der Waals surface area contributed by atoms with Crippen LogP contribution in [0, 0.1) is 0 Å². The molecule has 0 radical (unpaired) electrons. The summed E-state index contributed by atoms with van der Waals surface area (Å²) < 4.78 is 2.19. The first-order valence-electron chi connectivity index (χ1n) is 8.82. The lowest BCUT2D eigenvalue weighted by molar-refractivity contribution is -0.117. The number of ketones is 1. The van der Waals surface area contributed by atoms with Gasteiger partial charge in [-0.1, -0.05) is 18.2 Å². The molecule has 4 aromatic rings. The van der Waals surface area contributed by atoms with Gasteiger partial charge in [0.1, 0.15) is 16.2 Å². The number of carbonyl (C=O) groups is 2. The van der Waals surface area contributed by atoms with Gasteiger partial charge in [-0.05, 0) is 42.8 Å². The Bertz CT molecular complexity index is 1260. The van der Waals surface area contributed by atoms with Gasteiger partial charge in [0.05, 0.1) is 18.4 Å². The van der Waals surface area contributed by atoms with Crippen LogP contribution in [0.1, 0.15) is 17.4 Å². The summed E-state index contributed by atoms with van der Waals surface area (Å²) in [6.45, 7) is 1.66. The first kappa shape index (κ1) is 18.7. The number of anilines is 1. The molecule has 0 aliphatic rings. The number of nitrogens with zero attached hydrogens (tertiary/aromatic N) is 3. The van der Waals surface area contributed by atoms with E-state index in [9.17, 15) is 14.4 Å². The van der Waals surface area contributed by atoms with Crippen molar-refractivity contribution in [2.45, 2.75) is 13.5 Å². The molecule has 8 heteroatoms. The van der Waals surface area contributed by atoms with Crippen LogP contribution in [0.4, 0.5) is 5.69 Å². The van der Waals surface area contributed by atoms with Gasteiger partial charge in [-0.2, -0.15) is 4.98 Å². The fourth-order valence-corrected chi connectivity index (χ4v) is 3.97. The Hall–Kier alpha value is -3.65. The van der Waals surface area contributed by atoms with Crippen LogP contribution in [0.2, 0.25) is 0 Å².